The maximum absolute atomic E-state index is 5.95. The highest BCUT2D eigenvalue weighted by Crippen LogP contribution is 2.43. The van der Waals surface area contributed by atoms with Gasteiger partial charge in [0, 0.05) is 18.1 Å². The van der Waals surface area contributed by atoms with Crippen molar-refractivity contribution in [3.8, 4) is 0 Å². The van der Waals surface area contributed by atoms with Crippen molar-refractivity contribution < 1.29 is 4.74 Å². The zero-order chi connectivity index (χ0) is 13.1. The molecule has 2 aliphatic heterocycles. The molecule has 0 aromatic carbocycles. The molecule has 0 radical (unpaired) electrons. The van der Waals surface area contributed by atoms with Crippen molar-refractivity contribution in [2.45, 2.75) is 32.2 Å². The lowest BCUT2D eigenvalue weighted by molar-refractivity contribution is 0.285. The normalized spacial score (nSPS) is 29.2. The van der Waals surface area contributed by atoms with E-state index in [0.717, 1.165) is 17.6 Å². The molecule has 0 bridgehead atoms. The van der Waals surface area contributed by atoms with Crippen LogP contribution >= 0.6 is 11.6 Å². The highest BCUT2D eigenvalue weighted by Gasteiger charge is 2.46. The molecule has 2 aromatic rings. The Labute approximate surface area is 115 Å². The van der Waals surface area contributed by atoms with E-state index in [2.05, 4.69) is 39.8 Å². The van der Waals surface area contributed by atoms with Gasteiger partial charge in [-0.15, -0.1) is 0 Å². The Morgan fingerprint density at radius 2 is 2.37 bits per heavy atom. The number of aromatic nitrogens is 3. The van der Waals surface area contributed by atoms with Crippen LogP contribution in [0.2, 0.25) is 5.28 Å². The average molecular weight is 279 g/mol. The minimum Gasteiger partial charge on any atom is -0.347 e. The molecule has 1 saturated heterocycles. The van der Waals surface area contributed by atoms with Gasteiger partial charge in [0.05, 0.1) is 11.7 Å². The summed E-state index contributed by atoms with van der Waals surface area (Å²) in [5.74, 6) is 0.507. The SMILES string of the molecule is CC(C)C1CNC2OC2c2cc3cnc(Cl)nc3n21. The molecule has 0 saturated carbocycles. The van der Waals surface area contributed by atoms with Crippen LogP contribution in [0.4, 0.5) is 0 Å². The third-order valence-corrected chi connectivity index (χ3v) is 4.17. The van der Waals surface area contributed by atoms with Gasteiger partial charge in [-0.3, -0.25) is 5.32 Å². The third-order valence-electron chi connectivity index (χ3n) is 3.99. The smallest absolute Gasteiger partial charge is 0.224 e. The van der Waals surface area contributed by atoms with Crippen molar-refractivity contribution in [3.05, 3.63) is 23.2 Å². The fourth-order valence-electron chi connectivity index (χ4n) is 2.93. The van der Waals surface area contributed by atoms with Crippen LogP contribution in [0.1, 0.15) is 31.7 Å². The van der Waals surface area contributed by atoms with E-state index in [0.29, 0.717) is 17.2 Å². The number of nitrogens with zero attached hydrogens (tertiary/aromatic N) is 3. The Morgan fingerprint density at radius 3 is 3.16 bits per heavy atom. The summed E-state index contributed by atoms with van der Waals surface area (Å²) < 4.78 is 7.94. The molecule has 4 heterocycles. The summed E-state index contributed by atoms with van der Waals surface area (Å²) in [6.45, 7) is 5.34. The van der Waals surface area contributed by atoms with Crippen LogP contribution < -0.4 is 5.32 Å². The van der Waals surface area contributed by atoms with E-state index in [1.165, 1.54) is 5.69 Å². The highest BCUT2D eigenvalue weighted by atomic mass is 35.5. The summed E-state index contributed by atoms with van der Waals surface area (Å²) in [5.41, 5.74) is 2.09. The topological polar surface area (TPSA) is 55.3 Å². The Hall–Kier alpha value is -1.17. The maximum Gasteiger partial charge on any atom is 0.224 e. The summed E-state index contributed by atoms with van der Waals surface area (Å²) in [5, 5.41) is 4.76. The van der Waals surface area contributed by atoms with Crippen LogP contribution in [0.15, 0.2) is 12.3 Å². The quantitative estimate of drug-likeness (QED) is 0.642. The molecule has 0 amide bonds. The highest BCUT2D eigenvalue weighted by molar-refractivity contribution is 6.28. The number of epoxide rings is 1. The largest absolute Gasteiger partial charge is 0.347 e. The predicted octanol–water partition coefficient (Wildman–Crippen LogP) is 2.28. The number of halogens is 1. The van der Waals surface area contributed by atoms with E-state index in [4.69, 9.17) is 16.3 Å². The third kappa shape index (κ3) is 1.69. The maximum atomic E-state index is 5.95. The number of rotatable bonds is 1. The fourth-order valence-corrected chi connectivity index (χ4v) is 3.06. The number of nitrogens with one attached hydrogen (secondary N) is 1. The Bertz CT molecular complexity index is 653. The standard InChI is InChI=1S/C13H15ClN4O/c1-6(2)9-5-15-12-10(19-12)8-3-7-4-16-13(14)17-11(7)18(8)9/h3-4,6,9-10,12,15H,5H2,1-2H3. The first-order valence-corrected chi connectivity index (χ1v) is 6.95. The molecule has 3 unspecified atom stereocenters. The van der Waals surface area contributed by atoms with E-state index >= 15 is 0 Å². The van der Waals surface area contributed by atoms with Gasteiger partial charge in [0.2, 0.25) is 5.28 Å². The van der Waals surface area contributed by atoms with E-state index in [1.54, 1.807) is 6.20 Å². The first kappa shape index (κ1) is 11.6. The van der Waals surface area contributed by atoms with Gasteiger partial charge in [0.15, 0.2) is 0 Å². The summed E-state index contributed by atoms with van der Waals surface area (Å²) in [6, 6.07) is 2.48. The molecular weight excluding hydrogens is 264 g/mol. The van der Waals surface area contributed by atoms with Crippen molar-refractivity contribution in [2.75, 3.05) is 6.54 Å². The second-order valence-corrected chi connectivity index (χ2v) is 5.89. The summed E-state index contributed by atoms with van der Waals surface area (Å²) in [6.07, 6.45) is 2.07. The van der Waals surface area contributed by atoms with Gasteiger partial charge in [-0.1, -0.05) is 13.8 Å². The average Bonchev–Trinajstić information content (AvgIpc) is 3.06. The molecular formula is C13H15ClN4O. The van der Waals surface area contributed by atoms with E-state index in [9.17, 15) is 0 Å². The van der Waals surface area contributed by atoms with Crippen LogP contribution in [0, 0.1) is 5.92 Å². The van der Waals surface area contributed by atoms with E-state index < -0.39 is 0 Å². The lowest BCUT2D eigenvalue weighted by Crippen LogP contribution is -2.28. The van der Waals surface area contributed by atoms with Crippen LogP contribution in [0.25, 0.3) is 11.0 Å². The molecule has 1 N–H and O–H groups in total. The monoisotopic (exact) mass is 278 g/mol. The van der Waals surface area contributed by atoms with E-state index in [-0.39, 0.29) is 12.3 Å². The first-order chi connectivity index (χ1) is 9.15. The van der Waals surface area contributed by atoms with Crippen LogP contribution in [-0.2, 0) is 4.74 Å². The van der Waals surface area contributed by atoms with Crippen molar-refractivity contribution in [1.82, 2.24) is 19.9 Å². The van der Waals surface area contributed by atoms with Gasteiger partial charge in [-0.2, -0.15) is 4.98 Å². The lowest BCUT2D eigenvalue weighted by Gasteiger charge is -2.24. The molecule has 5 nitrogen and oxygen atoms in total. The molecule has 0 spiro atoms. The van der Waals surface area contributed by atoms with Crippen LogP contribution in [0.5, 0.6) is 0 Å². The Kier molecular flexibility index (Phi) is 2.40. The molecule has 1 fully saturated rings. The molecule has 6 heteroatoms. The lowest BCUT2D eigenvalue weighted by atomic mass is 10.0. The van der Waals surface area contributed by atoms with Gasteiger partial charge >= 0.3 is 0 Å². The second kappa shape index (κ2) is 3.91. The van der Waals surface area contributed by atoms with Crippen LogP contribution in [0.3, 0.4) is 0 Å². The number of fused-ring (bicyclic) bond motifs is 5. The van der Waals surface area contributed by atoms with Crippen LogP contribution in [-0.4, -0.2) is 27.3 Å². The molecule has 3 atom stereocenters. The Morgan fingerprint density at radius 1 is 1.53 bits per heavy atom. The van der Waals surface area contributed by atoms with Gasteiger partial charge < -0.3 is 9.30 Å². The summed E-state index contributed by atoms with van der Waals surface area (Å²) >= 11 is 5.95. The first-order valence-electron chi connectivity index (χ1n) is 6.57. The molecule has 19 heavy (non-hydrogen) atoms. The predicted molar refractivity (Wildman–Crippen MR) is 72.0 cm³/mol. The fraction of sp³-hybridized carbons (Fsp3) is 0.538. The minimum absolute atomic E-state index is 0.136. The zero-order valence-corrected chi connectivity index (χ0v) is 11.6. The molecule has 100 valence electrons. The van der Waals surface area contributed by atoms with Crippen molar-refractivity contribution >= 4 is 22.6 Å². The second-order valence-electron chi connectivity index (χ2n) is 5.55. The zero-order valence-electron chi connectivity index (χ0n) is 10.8. The van der Waals surface area contributed by atoms with Gasteiger partial charge in [0.1, 0.15) is 18.0 Å². The molecule has 0 aliphatic carbocycles. The Balaban J connectivity index is 1.98. The summed E-state index contributed by atoms with van der Waals surface area (Å²) in [4.78, 5) is 8.48. The number of hydrogen-bond donors (Lipinski definition) is 1. The van der Waals surface area contributed by atoms with Crippen molar-refractivity contribution in [2.24, 2.45) is 5.92 Å². The number of hydrogen-bond acceptors (Lipinski definition) is 4. The molecule has 2 aromatic heterocycles. The van der Waals surface area contributed by atoms with Gasteiger partial charge in [0.25, 0.3) is 0 Å². The minimum atomic E-state index is 0.136. The van der Waals surface area contributed by atoms with Gasteiger partial charge in [-0.05, 0) is 23.6 Å². The van der Waals surface area contributed by atoms with Crippen molar-refractivity contribution in [3.63, 3.8) is 0 Å². The van der Waals surface area contributed by atoms with E-state index in [1.807, 2.05) is 0 Å². The molecule has 4 rings (SSSR count). The molecule has 2 aliphatic rings. The van der Waals surface area contributed by atoms with Gasteiger partial charge in [-0.25, -0.2) is 4.98 Å². The summed E-state index contributed by atoms with van der Waals surface area (Å²) in [7, 11) is 0. The number of ether oxygens (including phenoxy) is 1. The van der Waals surface area contributed by atoms with Crippen molar-refractivity contribution in [1.29, 1.82) is 0 Å².